The van der Waals surface area contributed by atoms with E-state index in [1.54, 1.807) is 0 Å². The summed E-state index contributed by atoms with van der Waals surface area (Å²) in [5.74, 6) is -6.42. The third-order valence-electron chi connectivity index (χ3n) is 13.2. The highest BCUT2D eigenvalue weighted by Crippen LogP contribution is 2.27. The Morgan fingerprint density at radius 3 is 1.16 bits per heavy atom. The van der Waals surface area contributed by atoms with Crippen molar-refractivity contribution in [2.75, 3.05) is 53.7 Å². The van der Waals surface area contributed by atoms with Gasteiger partial charge in [0.05, 0.1) is 14.2 Å². The maximum absolute atomic E-state index is 13.9. The molecule has 0 spiro atoms. The van der Waals surface area contributed by atoms with Crippen molar-refractivity contribution in [2.24, 2.45) is 23.2 Å². The topological polar surface area (TPSA) is 161 Å². The average molecular weight is 968 g/mol. The molecule has 0 radical (unpaired) electrons. The maximum Gasteiger partial charge on any atom is 0.320 e. The number of esters is 6. The number of unbranched alkanes of at least 4 members (excludes halogenated alkanes) is 18. The summed E-state index contributed by atoms with van der Waals surface area (Å²) >= 11 is 0. The van der Waals surface area contributed by atoms with Crippen molar-refractivity contribution < 1.29 is 57.2 Å². The van der Waals surface area contributed by atoms with Crippen molar-refractivity contribution in [3.05, 3.63) is 0 Å². The van der Waals surface area contributed by atoms with Crippen LogP contribution in [-0.4, -0.2) is 100 Å². The quantitative estimate of drug-likeness (QED) is 0.0245. The molecule has 0 bridgehead atoms. The molecule has 2 atom stereocenters. The van der Waals surface area contributed by atoms with Crippen LogP contribution in [0.3, 0.4) is 0 Å². The molecule has 0 amide bonds. The third-order valence-corrected chi connectivity index (χ3v) is 13.2. The van der Waals surface area contributed by atoms with E-state index in [4.69, 9.17) is 28.4 Å². The smallest absolute Gasteiger partial charge is 0.320 e. The van der Waals surface area contributed by atoms with Crippen LogP contribution in [0.15, 0.2) is 0 Å². The normalized spacial score (nSPS) is 13.2. The van der Waals surface area contributed by atoms with E-state index < -0.39 is 79.5 Å². The van der Waals surface area contributed by atoms with Gasteiger partial charge in [-0.05, 0) is 65.0 Å². The number of methoxy groups -OCH3 is 2. The van der Waals surface area contributed by atoms with Gasteiger partial charge in [-0.2, -0.15) is 0 Å². The van der Waals surface area contributed by atoms with E-state index in [1.807, 2.05) is 0 Å². The number of ether oxygens (including phenoxy) is 6. The fourth-order valence-corrected chi connectivity index (χ4v) is 8.57. The van der Waals surface area contributed by atoms with Crippen LogP contribution in [0.2, 0.25) is 0 Å². The second-order valence-electron chi connectivity index (χ2n) is 19.6. The summed E-state index contributed by atoms with van der Waals surface area (Å²) in [6.07, 6.45) is 25.7. The summed E-state index contributed by atoms with van der Waals surface area (Å²) < 4.78 is 33.8. The number of hydrogen-bond donors (Lipinski definition) is 0. The largest absolute Gasteiger partial charge is 0.468 e. The molecule has 0 fully saturated rings. The zero-order valence-electron chi connectivity index (χ0n) is 44.9. The predicted molar refractivity (Wildman–Crippen MR) is 270 cm³/mol. The van der Waals surface area contributed by atoms with Gasteiger partial charge in [0.15, 0.2) is 11.8 Å². The Morgan fingerprint density at radius 1 is 0.426 bits per heavy atom. The Balaban J connectivity index is 6.72. The molecule has 0 N–H and O–H groups in total. The second-order valence-corrected chi connectivity index (χ2v) is 19.6. The minimum Gasteiger partial charge on any atom is -0.468 e. The van der Waals surface area contributed by atoms with E-state index >= 15 is 0 Å². The van der Waals surface area contributed by atoms with E-state index in [1.165, 1.54) is 52.7 Å². The standard InChI is InChI=1S/C55H101NO12/c1-10-15-19-21-23-25-27-31-36-47(51(59)63-8)53(61)67-43-55(41-65-49(57)38-33-39-56(14-5)45(6)7,42-66-50(58)40-46(34-29-17-12-3)35-30-18-13-4)44-68-54(62)48(52(60)64-9)37-32-28-26-24-22-20-16-11-2/h45-48H,10-44H2,1-9H3. The molecule has 0 saturated heterocycles. The number of hydrogen-bond acceptors (Lipinski definition) is 13. The first-order valence-electron chi connectivity index (χ1n) is 27.3. The summed E-state index contributed by atoms with van der Waals surface area (Å²) in [6, 6.07) is 0.300. The Bertz CT molecular complexity index is 1260. The Kier molecular flexibility index (Phi) is 40.6. The van der Waals surface area contributed by atoms with Gasteiger partial charge in [-0.25, -0.2) is 0 Å². The van der Waals surface area contributed by atoms with Crippen molar-refractivity contribution in [3.8, 4) is 0 Å². The molecule has 13 heteroatoms. The van der Waals surface area contributed by atoms with E-state index in [9.17, 15) is 28.8 Å². The van der Waals surface area contributed by atoms with Crippen LogP contribution < -0.4 is 0 Å². The Labute approximate surface area is 414 Å². The van der Waals surface area contributed by atoms with Crippen molar-refractivity contribution in [1.82, 2.24) is 4.90 Å². The first-order valence-corrected chi connectivity index (χ1v) is 27.3. The zero-order chi connectivity index (χ0) is 50.8. The Morgan fingerprint density at radius 2 is 0.779 bits per heavy atom. The van der Waals surface area contributed by atoms with Crippen LogP contribution in [0.25, 0.3) is 0 Å². The fraction of sp³-hybridized carbons (Fsp3) is 0.891. The van der Waals surface area contributed by atoms with Crippen molar-refractivity contribution in [3.63, 3.8) is 0 Å². The van der Waals surface area contributed by atoms with Crippen molar-refractivity contribution in [1.29, 1.82) is 0 Å². The fourth-order valence-electron chi connectivity index (χ4n) is 8.57. The molecule has 0 aliphatic carbocycles. The van der Waals surface area contributed by atoms with Gasteiger partial charge in [-0.3, -0.25) is 28.8 Å². The highest BCUT2D eigenvalue weighted by Gasteiger charge is 2.41. The molecule has 0 aliphatic heterocycles. The number of rotatable bonds is 46. The van der Waals surface area contributed by atoms with Crippen molar-refractivity contribution >= 4 is 35.8 Å². The third kappa shape index (κ3) is 31.8. The lowest BCUT2D eigenvalue weighted by Gasteiger charge is -2.32. The number of carbonyl (C=O) groups is 6. The average Bonchev–Trinajstić information content (AvgIpc) is 3.33. The number of nitrogens with zero attached hydrogens (tertiary/aromatic N) is 1. The summed E-state index contributed by atoms with van der Waals surface area (Å²) in [6.45, 7) is 14.5. The van der Waals surface area contributed by atoms with E-state index in [0.717, 1.165) is 109 Å². The van der Waals surface area contributed by atoms with E-state index in [2.05, 4.69) is 53.4 Å². The van der Waals surface area contributed by atoms with Crippen LogP contribution >= 0.6 is 0 Å². The van der Waals surface area contributed by atoms with Crippen LogP contribution in [0.5, 0.6) is 0 Å². The summed E-state index contributed by atoms with van der Waals surface area (Å²) in [5.41, 5.74) is -1.58. The van der Waals surface area contributed by atoms with Gasteiger partial charge in [-0.15, -0.1) is 0 Å². The molecule has 0 heterocycles. The van der Waals surface area contributed by atoms with Crippen molar-refractivity contribution in [2.45, 2.75) is 241 Å². The van der Waals surface area contributed by atoms with Gasteiger partial charge >= 0.3 is 35.8 Å². The molecule has 2 unspecified atom stereocenters. The lowest BCUT2D eigenvalue weighted by Crippen LogP contribution is -2.45. The number of carbonyl (C=O) groups excluding carboxylic acids is 6. The van der Waals surface area contributed by atoms with Crippen LogP contribution in [-0.2, 0) is 57.2 Å². The highest BCUT2D eigenvalue weighted by molar-refractivity contribution is 5.95. The molecule has 0 aliphatic rings. The minimum absolute atomic E-state index is 0.0991. The maximum atomic E-state index is 13.9. The van der Waals surface area contributed by atoms with E-state index in [0.29, 0.717) is 31.8 Å². The van der Waals surface area contributed by atoms with Gasteiger partial charge in [0.1, 0.15) is 31.8 Å². The van der Waals surface area contributed by atoms with Gasteiger partial charge in [0, 0.05) is 18.9 Å². The summed E-state index contributed by atoms with van der Waals surface area (Å²) in [4.78, 5) is 83.3. The van der Waals surface area contributed by atoms with Gasteiger partial charge in [0.2, 0.25) is 0 Å². The molecule has 68 heavy (non-hydrogen) atoms. The van der Waals surface area contributed by atoms with Crippen LogP contribution in [0, 0.1) is 23.2 Å². The molecule has 0 aromatic rings. The first kappa shape index (κ1) is 64.8. The monoisotopic (exact) mass is 968 g/mol. The molecule has 0 rings (SSSR count). The van der Waals surface area contributed by atoms with Gasteiger partial charge < -0.3 is 33.3 Å². The van der Waals surface area contributed by atoms with Crippen LogP contribution in [0.4, 0.5) is 0 Å². The molecule has 13 nitrogen and oxygen atoms in total. The molecular formula is C55H101NO12. The summed E-state index contributed by atoms with van der Waals surface area (Å²) in [5, 5.41) is 0. The lowest BCUT2D eigenvalue weighted by molar-refractivity contribution is -0.176. The first-order chi connectivity index (χ1) is 32.8. The summed E-state index contributed by atoms with van der Waals surface area (Å²) in [7, 11) is 2.45. The Hall–Kier alpha value is -3.22. The molecule has 398 valence electrons. The molecular weight excluding hydrogens is 867 g/mol. The molecule has 0 saturated carbocycles. The molecule has 0 aromatic carbocycles. The van der Waals surface area contributed by atoms with E-state index in [-0.39, 0.29) is 31.6 Å². The second kappa shape index (κ2) is 42.6. The van der Waals surface area contributed by atoms with Gasteiger partial charge in [0.25, 0.3) is 0 Å². The minimum atomic E-state index is -1.58. The lowest BCUT2D eigenvalue weighted by atomic mass is 9.90. The van der Waals surface area contributed by atoms with Crippen LogP contribution in [0.1, 0.15) is 235 Å². The van der Waals surface area contributed by atoms with Gasteiger partial charge in [-0.1, -0.05) is 176 Å². The molecule has 0 aromatic heterocycles. The SMILES string of the molecule is CCCCCCCCCCC(C(=O)OC)C(=O)OCC(COC(=O)CCCN(CC)C(C)C)(COC(=O)CC(CCCCC)CCCCC)COC(=O)C(CCCCCCCCCC)C(=O)OC. The highest BCUT2D eigenvalue weighted by atomic mass is 16.6. The predicted octanol–water partition coefficient (Wildman–Crippen LogP) is 12.5. The zero-order valence-corrected chi connectivity index (χ0v) is 44.9.